The predicted molar refractivity (Wildman–Crippen MR) is 96.5 cm³/mol. The van der Waals surface area contributed by atoms with Gasteiger partial charge in [-0.05, 0) is 33.6 Å². The van der Waals surface area contributed by atoms with E-state index in [2.05, 4.69) is 10.00 Å². The van der Waals surface area contributed by atoms with Crippen LogP contribution in [-0.4, -0.2) is 77.6 Å². The summed E-state index contributed by atoms with van der Waals surface area (Å²) < 4.78 is 25.0. The number of piperidine rings is 1. The van der Waals surface area contributed by atoms with Gasteiger partial charge in [0.15, 0.2) is 9.84 Å². The van der Waals surface area contributed by atoms with Gasteiger partial charge in [0.25, 0.3) is 5.91 Å². The van der Waals surface area contributed by atoms with Crippen molar-refractivity contribution in [2.75, 3.05) is 37.7 Å². The molecule has 2 aliphatic heterocycles. The lowest BCUT2D eigenvalue weighted by molar-refractivity contribution is 0.0628. The second-order valence-corrected chi connectivity index (χ2v) is 9.38. The lowest BCUT2D eigenvalue weighted by Gasteiger charge is -2.40. The van der Waals surface area contributed by atoms with E-state index < -0.39 is 9.84 Å². The van der Waals surface area contributed by atoms with Crippen LogP contribution >= 0.6 is 0 Å². The minimum absolute atomic E-state index is 0.0781. The Bertz CT molecular complexity index is 734. The number of rotatable bonds is 3. The lowest BCUT2D eigenvalue weighted by Crippen LogP contribution is -2.51. The smallest absolute Gasteiger partial charge is 0.257 e. The minimum atomic E-state index is -2.84. The molecule has 0 N–H and O–H groups in total. The molecule has 7 nitrogen and oxygen atoms in total. The maximum absolute atomic E-state index is 12.9. The number of aryl methyl sites for hydroxylation is 2. The Balaban J connectivity index is 1.61. The number of sulfone groups is 1. The molecule has 8 heteroatoms. The van der Waals surface area contributed by atoms with Crippen molar-refractivity contribution in [3.63, 3.8) is 0 Å². The van der Waals surface area contributed by atoms with Gasteiger partial charge in [0.05, 0.1) is 22.8 Å². The molecule has 2 fully saturated rings. The van der Waals surface area contributed by atoms with Crippen LogP contribution in [-0.2, 0) is 16.4 Å². The van der Waals surface area contributed by atoms with Gasteiger partial charge in [-0.15, -0.1) is 0 Å². The first-order valence-corrected chi connectivity index (χ1v) is 10.9. The molecule has 3 rings (SSSR count). The molecule has 25 heavy (non-hydrogen) atoms. The highest BCUT2D eigenvalue weighted by Gasteiger charge is 2.32. The third kappa shape index (κ3) is 3.74. The molecule has 0 aromatic carbocycles. The summed E-state index contributed by atoms with van der Waals surface area (Å²) >= 11 is 0. The second kappa shape index (κ2) is 7.07. The van der Waals surface area contributed by atoms with Crippen molar-refractivity contribution in [1.82, 2.24) is 19.6 Å². The van der Waals surface area contributed by atoms with E-state index in [0.717, 1.165) is 49.4 Å². The van der Waals surface area contributed by atoms with Crippen molar-refractivity contribution in [2.24, 2.45) is 0 Å². The van der Waals surface area contributed by atoms with Gasteiger partial charge in [0, 0.05) is 44.5 Å². The van der Waals surface area contributed by atoms with Gasteiger partial charge in [-0.2, -0.15) is 5.10 Å². The normalized spacial score (nSPS) is 22.3. The third-order valence-electron chi connectivity index (χ3n) is 5.54. The summed E-state index contributed by atoms with van der Waals surface area (Å²) in [5, 5.41) is 4.45. The number of aromatic nitrogens is 2. The number of hydrogen-bond acceptors (Lipinski definition) is 5. The fourth-order valence-electron chi connectivity index (χ4n) is 4.00. The molecule has 1 amide bonds. The van der Waals surface area contributed by atoms with E-state index in [9.17, 15) is 13.2 Å². The Morgan fingerprint density at radius 3 is 2.24 bits per heavy atom. The van der Waals surface area contributed by atoms with Gasteiger partial charge in [0.1, 0.15) is 0 Å². The van der Waals surface area contributed by atoms with E-state index in [4.69, 9.17) is 0 Å². The van der Waals surface area contributed by atoms with E-state index in [1.807, 2.05) is 30.4 Å². The van der Waals surface area contributed by atoms with Crippen LogP contribution in [0, 0.1) is 13.8 Å². The molecular formula is C17H28N4O3S. The Morgan fingerprint density at radius 2 is 1.72 bits per heavy atom. The zero-order valence-electron chi connectivity index (χ0n) is 15.4. The summed E-state index contributed by atoms with van der Waals surface area (Å²) in [5.41, 5.74) is 2.48. The summed E-state index contributed by atoms with van der Waals surface area (Å²) in [4.78, 5) is 17.1. The Labute approximate surface area is 149 Å². The van der Waals surface area contributed by atoms with E-state index in [-0.39, 0.29) is 17.4 Å². The molecule has 0 aliphatic carbocycles. The van der Waals surface area contributed by atoms with Crippen molar-refractivity contribution >= 4 is 15.7 Å². The fraction of sp³-hybridized carbons (Fsp3) is 0.765. The van der Waals surface area contributed by atoms with Crippen LogP contribution in [0.5, 0.6) is 0 Å². The molecule has 0 radical (unpaired) electrons. The molecule has 0 bridgehead atoms. The molecule has 0 saturated carbocycles. The summed E-state index contributed by atoms with van der Waals surface area (Å²) in [6.07, 6.45) is 1.82. The molecule has 0 atom stereocenters. The van der Waals surface area contributed by atoms with E-state index in [0.29, 0.717) is 19.1 Å². The largest absolute Gasteiger partial charge is 0.338 e. The molecule has 3 heterocycles. The molecule has 0 spiro atoms. The molecule has 2 aliphatic rings. The van der Waals surface area contributed by atoms with Crippen LogP contribution in [0.3, 0.4) is 0 Å². The average molecular weight is 369 g/mol. The average Bonchev–Trinajstić information content (AvgIpc) is 2.88. The van der Waals surface area contributed by atoms with Gasteiger partial charge in [-0.25, -0.2) is 8.42 Å². The van der Waals surface area contributed by atoms with E-state index in [1.165, 1.54) is 0 Å². The highest BCUT2D eigenvalue weighted by atomic mass is 32.2. The Hall–Kier alpha value is -1.41. The highest BCUT2D eigenvalue weighted by Crippen LogP contribution is 2.22. The second-order valence-electron chi connectivity index (χ2n) is 7.07. The summed E-state index contributed by atoms with van der Waals surface area (Å²) in [6.45, 7) is 9.35. The highest BCUT2D eigenvalue weighted by molar-refractivity contribution is 7.91. The van der Waals surface area contributed by atoms with Gasteiger partial charge in [-0.3, -0.25) is 14.4 Å². The molecule has 140 valence electrons. The standard InChI is InChI=1S/C17H28N4O3S/c1-4-21-14(3)16(13(2)18-21)17(22)20-7-5-15(6-8-20)19-9-11-25(23,24)12-10-19/h15H,4-12H2,1-3H3. The quantitative estimate of drug-likeness (QED) is 0.791. The maximum atomic E-state index is 12.9. The first-order valence-electron chi connectivity index (χ1n) is 9.10. The predicted octanol–water partition coefficient (Wildman–Crippen LogP) is 0.855. The first kappa shape index (κ1) is 18.4. The number of amides is 1. The number of likely N-dealkylation sites (tertiary alicyclic amines) is 1. The van der Waals surface area contributed by atoms with Gasteiger partial charge >= 0.3 is 0 Å². The first-order chi connectivity index (χ1) is 11.8. The zero-order chi connectivity index (χ0) is 18.2. The summed E-state index contributed by atoms with van der Waals surface area (Å²) in [5.74, 6) is 0.607. The summed E-state index contributed by atoms with van der Waals surface area (Å²) in [7, 11) is -2.84. The van der Waals surface area contributed by atoms with Crippen molar-refractivity contribution in [3.05, 3.63) is 17.0 Å². The Morgan fingerprint density at radius 1 is 1.12 bits per heavy atom. The lowest BCUT2D eigenvalue weighted by atomic mass is 10.0. The molecule has 2 saturated heterocycles. The molecular weight excluding hydrogens is 340 g/mol. The molecule has 1 aromatic heterocycles. The van der Waals surface area contributed by atoms with Crippen LogP contribution in [0.15, 0.2) is 0 Å². The Kier molecular flexibility index (Phi) is 5.20. The number of nitrogens with zero attached hydrogens (tertiary/aromatic N) is 4. The third-order valence-corrected chi connectivity index (χ3v) is 7.15. The number of carbonyl (C=O) groups excluding carboxylic acids is 1. The monoisotopic (exact) mass is 368 g/mol. The van der Waals surface area contributed by atoms with Crippen LogP contribution in [0.2, 0.25) is 0 Å². The SMILES string of the molecule is CCn1nc(C)c(C(=O)N2CCC(N3CCS(=O)(=O)CC3)CC2)c1C. The number of carbonyl (C=O) groups is 1. The topological polar surface area (TPSA) is 75.5 Å². The summed E-state index contributed by atoms with van der Waals surface area (Å²) in [6, 6.07) is 0.389. The van der Waals surface area contributed by atoms with Gasteiger partial charge in [0.2, 0.25) is 0 Å². The maximum Gasteiger partial charge on any atom is 0.257 e. The van der Waals surface area contributed by atoms with Gasteiger partial charge < -0.3 is 4.90 Å². The molecule has 0 unspecified atom stereocenters. The van der Waals surface area contributed by atoms with Crippen molar-refractivity contribution in [3.8, 4) is 0 Å². The van der Waals surface area contributed by atoms with Crippen LogP contribution in [0.4, 0.5) is 0 Å². The van der Waals surface area contributed by atoms with Gasteiger partial charge in [-0.1, -0.05) is 0 Å². The van der Waals surface area contributed by atoms with Crippen molar-refractivity contribution in [1.29, 1.82) is 0 Å². The van der Waals surface area contributed by atoms with E-state index in [1.54, 1.807) is 0 Å². The van der Waals surface area contributed by atoms with Crippen LogP contribution < -0.4 is 0 Å². The molecule has 1 aromatic rings. The van der Waals surface area contributed by atoms with E-state index >= 15 is 0 Å². The zero-order valence-corrected chi connectivity index (χ0v) is 16.2. The van der Waals surface area contributed by atoms with Crippen LogP contribution in [0.1, 0.15) is 41.5 Å². The van der Waals surface area contributed by atoms with Crippen molar-refractivity contribution < 1.29 is 13.2 Å². The van der Waals surface area contributed by atoms with Crippen molar-refractivity contribution in [2.45, 2.75) is 46.2 Å². The number of hydrogen-bond donors (Lipinski definition) is 0. The minimum Gasteiger partial charge on any atom is -0.338 e. The van der Waals surface area contributed by atoms with Crippen LogP contribution in [0.25, 0.3) is 0 Å². The fourth-order valence-corrected chi connectivity index (χ4v) is 5.23.